The van der Waals surface area contributed by atoms with E-state index in [1.54, 1.807) is 13.2 Å². The van der Waals surface area contributed by atoms with Crippen molar-refractivity contribution in [3.8, 4) is 11.3 Å². The van der Waals surface area contributed by atoms with Crippen LogP contribution in [0.4, 0.5) is 10.6 Å². The summed E-state index contributed by atoms with van der Waals surface area (Å²) in [5, 5.41) is 6.25. The number of hydrogen-bond acceptors (Lipinski definition) is 4. The molecule has 3 aromatic rings. The maximum atomic E-state index is 11.6. The molecule has 26 heavy (non-hydrogen) atoms. The zero-order valence-electron chi connectivity index (χ0n) is 14.8. The predicted molar refractivity (Wildman–Crippen MR) is 100 cm³/mol. The molecule has 1 aliphatic heterocycles. The monoisotopic (exact) mass is 351 g/mol. The molecule has 0 aliphatic carbocycles. The fourth-order valence-electron chi connectivity index (χ4n) is 3.33. The number of fused-ring (bicyclic) bond motifs is 1. The Morgan fingerprint density at radius 1 is 1.38 bits per heavy atom. The van der Waals surface area contributed by atoms with E-state index < -0.39 is 0 Å². The fourth-order valence-corrected chi connectivity index (χ4v) is 3.33. The number of carbonyl (C=O) groups is 1. The van der Waals surface area contributed by atoms with E-state index in [9.17, 15) is 4.79 Å². The van der Waals surface area contributed by atoms with Crippen LogP contribution in [0.25, 0.3) is 22.2 Å². The Hall–Kier alpha value is -2.93. The molecule has 1 atom stereocenters. The summed E-state index contributed by atoms with van der Waals surface area (Å²) in [5.41, 5.74) is 3.98. The van der Waals surface area contributed by atoms with Crippen molar-refractivity contribution in [3.05, 3.63) is 42.4 Å². The van der Waals surface area contributed by atoms with Gasteiger partial charge >= 0.3 is 6.03 Å². The summed E-state index contributed by atoms with van der Waals surface area (Å²) in [6.45, 7) is 1.53. The number of amides is 2. The molecular weight excluding hydrogens is 330 g/mol. The van der Waals surface area contributed by atoms with Gasteiger partial charge in [0.05, 0.1) is 24.0 Å². The molecule has 0 spiro atoms. The van der Waals surface area contributed by atoms with E-state index in [0.717, 1.165) is 47.5 Å². The fraction of sp³-hybridized carbons (Fsp3) is 0.316. The molecule has 0 aromatic carbocycles. The van der Waals surface area contributed by atoms with Crippen molar-refractivity contribution in [2.24, 2.45) is 7.05 Å². The predicted octanol–water partition coefficient (Wildman–Crippen LogP) is 2.89. The highest BCUT2D eigenvalue weighted by molar-refractivity contribution is 5.98. The Labute approximate surface area is 151 Å². The number of pyridine rings is 2. The standard InChI is InChI=1S/C19H21N5O2/c1-20-19(25)23-18-8-13-14(10-24(2)17(13)9-21-18)16-5-3-4-15(22-16)12-6-7-26-11-12/h3-5,8-10,12H,6-7,11H2,1-2H3,(H2,20,21,23,25). The highest BCUT2D eigenvalue weighted by Crippen LogP contribution is 2.32. The van der Waals surface area contributed by atoms with E-state index in [1.165, 1.54) is 0 Å². The lowest BCUT2D eigenvalue weighted by Gasteiger charge is -2.09. The minimum Gasteiger partial charge on any atom is -0.381 e. The molecule has 3 aromatic heterocycles. The maximum Gasteiger partial charge on any atom is 0.320 e. The molecule has 4 rings (SSSR count). The van der Waals surface area contributed by atoms with Gasteiger partial charge in [-0.05, 0) is 24.6 Å². The topological polar surface area (TPSA) is 81.1 Å². The van der Waals surface area contributed by atoms with Crippen LogP contribution in [-0.2, 0) is 11.8 Å². The van der Waals surface area contributed by atoms with Gasteiger partial charge in [0.25, 0.3) is 0 Å². The number of aryl methyl sites for hydroxylation is 1. The van der Waals surface area contributed by atoms with Gasteiger partial charge in [0.2, 0.25) is 0 Å². The summed E-state index contributed by atoms with van der Waals surface area (Å²) in [6, 6.07) is 7.71. The van der Waals surface area contributed by atoms with Crippen molar-refractivity contribution in [1.29, 1.82) is 0 Å². The molecule has 1 aliphatic rings. The van der Waals surface area contributed by atoms with Gasteiger partial charge in [-0.15, -0.1) is 0 Å². The lowest BCUT2D eigenvalue weighted by atomic mass is 10.0. The number of carbonyl (C=O) groups excluding carboxylic acids is 1. The van der Waals surface area contributed by atoms with Crippen LogP contribution in [-0.4, -0.2) is 40.8 Å². The summed E-state index contributed by atoms with van der Waals surface area (Å²) in [6.07, 6.45) is 4.82. The van der Waals surface area contributed by atoms with E-state index in [0.29, 0.717) is 11.7 Å². The molecule has 1 fully saturated rings. The smallest absolute Gasteiger partial charge is 0.320 e. The van der Waals surface area contributed by atoms with Crippen LogP contribution >= 0.6 is 0 Å². The van der Waals surface area contributed by atoms with Crippen molar-refractivity contribution in [2.75, 3.05) is 25.6 Å². The first-order valence-corrected chi connectivity index (χ1v) is 8.64. The minimum absolute atomic E-state index is 0.296. The van der Waals surface area contributed by atoms with Gasteiger partial charge < -0.3 is 14.6 Å². The lowest BCUT2D eigenvalue weighted by Crippen LogP contribution is -2.24. The van der Waals surface area contributed by atoms with Gasteiger partial charge in [0.15, 0.2) is 0 Å². The van der Waals surface area contributed by atoms with Gasteiger partial charge in [-0.3, -0.25) is 10.3 Å². The Bertz CT molecular complexity index is 960. The van der Waals surface area contributed by atoms with Crippen LogP contribution in [0.1, 0.15) is 18.0 Å². The van der Waals surface area contributed by atoms with Crippen LogP contribution in [0.5, 0.6) is 0 Å². The van der Waals surface area contributed by atoms with Gasteiger partial charge in [0.1, 0.15) is 5.82 Å². The third kappa shape index (κ3) is 3.01. The van der Waals surface area contributed by atoms with Crippen LogP contribution < -0.4 is 10.6 Å². The normalized spacial score (nSPS) is 16.8. The minimum atomic E-state index is -0.296. The summed E-state index contributed by atoms with van der Waals surface area (Å²) in [4.78, 5) is 20.8. The second-order valence-corrected chi connectivity index (χ2v) is 6.45. The van der Waals surface area contributed by atoms with Crippen LogP contribution in [0, 0.1) is 0 Å². The third-order valence-electron chi connectivity index (χ3n) is 4.74. The molecule has 134 valence electrons. The van der Waals surface area contributed by atoms with Crippen molar-refractivity contribution < 1.29 is 9.53 Å². The van der Waals surface area contributed by atoms with Gasteiger partial charge in [-0.1, -0.05) is 6.07 Å². The van der Waals surface area contributed by atoms with Crippen LogP contribution in [0.15, 0.2) is 36.7 Å². The highest BCUT2D eigenvalue weighted by atomic mass is 16.5. The SMILES string of the molecule is CNC(=O)Nc1cc2c(-c3cccc(C4CCOC4)n3)cn(C)c2cn1. The van der Waals surface area contributed by atoms with Crippen molar-refractivity contribution >= 4 is 22.8 Å². The number of urea groups is 1. The van der Waals surface area contributed by atoms with Gasteiger partial charge in [0, 0.05) is 49.5 Å². The van der Waals surface area contributed by atoms with Gasteiger partial charge in [-0.25, -0.2) is 9.78 Å². The van der Waals surface area contributed by atoms with E-state index in [2.05, 4.69) is 21.7 Å². The second-order valence-electron chi connectivity index (χ2n) is 6.45. The molecule has 0 bridgehead atoms. The highest BCUT2D eigenvalue weighted by Gasteiger charge is 2.20. The molecule has 2 N–H and O–H groups in total. The molecule has 0 saturated carbocycles. The van der Waals surface area contributed by atoms with E-state index in [-0.39, 0.29) is 6.03 Å². The summed E-state index contributed by atoms with van der Waals surface area (Å²) >= 11 is 0. The van der Waals surface area contributed by atoms with Crippen molar-refractivity contribution in [1.82, 2.24) is 19.9 Å². The van der Waals surface area contributed by atoms with Crippen LogP contribution in [0.3, 0.4) is 0 Å². The van der Waals surface area contributed by atoms with E-state index >= 15 is 0 Å². The van der Waals surface area contributed by atoms with E-state index in [4.69, 9.17) is 9.72 Å². The maximum absolute atomic E-state index is 11.6. The number of hydrogen-bond donors (Lipinski definition) is 2. The van der Waals surface area contributed by atoms with Crippen molar-refractivity contribution in [3.63, 3.8) is 0 Å². The zero-order chi connectivity index (χ0) is 18.1. The third-order valence-corrected chi connectivity index (χ3v) is 4.74. The number of nitrogens with zero attached hydrogens (tertiary/aromatic N) is 3. The first-order valence-electron chi connectivity index (χ1n) is 8.64. The molecule has 7 heteroatoms. The first kappa shape index (κ1) is 16.5. The largest absolute Gasteiger partial charge is 0.381 e. The molecule has 1 unspecified atom stereocenters. The average molecular weight is 351 g/mol. The number of aromatic nitrogens is 3. The van der Waals surface area contributed by atoms with E-state index in [1.807, 2.05) is 36.0 Å². The Balaban J connectivity index is 1.77. The number of nitrogens with one attached hydrogen (secondary N) is 2. The Kier molecular flexibility index (Phi) is 4.30. The average Bonchev–Trinajstić information content (AvgIpc) is 3.30. The first-order chi connectivity index (χ1) is 12.7. The Morgan fingerprint density at radius 2 is 2.27 bits per heavy atom. The Morgan fingerprint density at radius 3 is 3.04 bits per heavy atom. The van der Waals surface area contributed by atoms with Crippen LogP contribution in [0.2, 0.25) is 0 Å². The number of anilines is 1. The second kappa shape index (κ2) is 6.76. The molecular formula is C19H21N5O2. The number of ether oxygens (including phenoxy) is 1. The number of rotatable bonds is 3. The quantitative estimate of drug-likeness (QED) is 0.760. The summed E-state index contributed by atoms with van der Waals surface area (Å²) in [5.74, 6) is 0.863. The van der Waals surface area contributed by atoms with Crippen molar-refractivity contribution in [2.45, 2.75) is 12.3 Å². The lowest BCUT2D eigenvalue weighted by molar-refractivity contribution is 0.193. The molecule has 4 heterocycles. The molecule has 2 amide bonds. The summed E-state index contributed by atoms with van der Waals surface area (Å²) < 4.78 is 7.52. The molecule has 1 saturated heterocycles. The zero-order valence-corrected chi connectivity index (χ0v) is 14.8. The molecule has 0 radical (unpaired) electrons. The van der Waals surface area contributed by atoms with Gasteiger partial charge in [-0.2, -0.15) is 0 Å². The molecule has 7 nitrogen and oxygen atoms in total. The summed E-state index contributed by atoms with van der Waals surface area (Å²) in [7, 11) is 3.55.